The van der Waals surface area contributed by atoms with Crippen LogP contribution in [-0.4, -0.2) is 52.5 Å². The molecule has 1 aliphatic heterocycles. The van der Waals surface area contributed by atoms with Crippen LogP contribution in [-0.2, 0) is 9.84 Å². The number of hydrogen-bond donors (Lipinski definition) is 4. The SMILES string of the molecule is CC(C)Oc1cc2cn(C3CCNCC3)c(O)c2cc1Nc1ncc(Cl)c(Nc2ccccc2S(=O)(=O)C(C)C)n1. The summed E-state index contributed by atoms with van der Waals surface area (Å²) in [6.07, 6.45) is 5.18. The van der Waals surface area contributed by atoms with Crippen LogP contribution < -0.4 is 20.7 Å². The monoisotopic (exact) mass is 598 g/mol. The highest BCUT2D eigenvalue weighted by molar-refractivity contribution is 7.92. The van der Waals surface area contributed by atoms with Gasteiger partial charge in [-0.3, -0.25) is 0 Å². The van der Waals surface area contributed by atoms with Crippen LogP contribution in [0.25, 0.3) is 10.8 Å². The predicted octanol–water partition coefficient (Wildman–Crippen LogP) is 6.17. The van der Waals surface area contributed by atoms with Gasteiger partial charge in [0.1, 0.15) is 10.8 Å². The molecule has 2 aromatic carbocycles. The molecule has 3 heterocycles. The van der Waals surface area contributed by atoms with Gasteiger partial charge in [-0.1, -0.05) is 23.7 Å². The van der Waals surface area contributed by atoms with E-state index >= 15 is 0 Å². The number of sulfone groups is 1. The highest BCUT2D eigenvalue weighted by atomic mass is 35.5. The van der Waals surface area contributed by atoms with Crippen LogP contribution in [0, 0.1) is 0 Å². The third-order valence-electron chi connectivity index (χ3n) is 7.04. The quantitative estimate of drug-likeness (QED) is 0.179. The van der Waals surface area contributed by atoms with E-state index < -0.39 is 15.1 Å². The lowest BCUT2D eigenvalue weighted by molar-refractivity contribution is 0.244. The smallest absolute Gasteiger partial charge is 0.229 e. The Hall–Kier alpha value is -3.54. The molecule has 218 valence electrons. The number of hydrogen-bond acceptors (Lipinski definition) is 9. The first-order valence-corrected chi connectivity index (χ1v) is 15.6. The van der Waals surface area contributed by atoms with E-state index in [1.165, 1.54) is 6.20 Å². The number of halogens is 1. The number of rotatable bonds is 9. The van der Waals surface area contributed by atoms with Crippen molar-refractivity contribution in [1.82, 2.24) is 19.9 Å². The second kappa shape index (κ2) is 11.8. The van der Waals surface area contributed by atoms with Crippen LogP contribution in [0.15, 0.2) is 53.7 Å². The van der Waals surface area contributed by atoms with E-state index in [-0.39, 0.29) is 39.7 Å². The average Bonchev–Trinajstić information content (AvgIpc) is 3.26. The van der Waals surface area contributed by atoms with E-state index in [2.05, 4.69) is 25.9 Å². The van der Waals surface area contributed by atoms with Crippen molar-refractivity contribution in [2.24, 2.45) is 0 Å². The lowest BCUT2D eigenvalue weighted by atomic mass is 10.1. The molecule has 41 heavy (non-hydrogen) atoms. The van der Waals surface area contributed by atoms with Gasteiger partial charge in [0.15, 0.2) is 21.5 Å². The van der Waals surface area contributed by atoms with E-state index in [9.17, 15) is 13.5 Å². The summed E-state index contributed by atoms with van der Waals surface area (Å²) >= 11 is 6.42. The molecular weight excluding hydrogens is 564 g/mol. The summed E-state index contributed by atoms with van der Waals surface area (Å²) < 4.78 is 33.9. The molecule has 0 radical (unpaired) electrons. The minimum atomic E-state index is -3.56. The molecule has 0 unspecified atom stereocenters. The normalized spacial score (nSPS) is 14.6. The molecule has 0 saturated carbocycles. The van der Waals surface area contributed by atoms with Crippen molar-refractivity contribution in [2.75, 3.05) is 23.7 Å². The first kappa shape index (κ1) is 29.0. The molecule has 1 fully saturated rings. The number of aromatic hydroxyl groups is 1. The Morgan fingerprint density at radius 3 is 2.54 bits per heavy atom. The summed E-state index contributed by atoms with van der Waals surface area (Å²) in [6.45, 7) is 8.97. The molecule has 10 nitrogen and oxygen atoms in total. The van der Waals surface area contributed by atoms with Gasteiger partial charge in [-0.25, -0.2) is 13.4 Å². The Bertz CT molecular complexity index is 1670. The maximum Gasteiger partial charge on any atom is 0.229 e. The molecule has 2 aromatic heterocycles. The Morgan fingerprint density at radius 1 is 1.10 bits per heavy atom. The van der Waals surface area contributed by atoms with Crippen molar-refractivity contribution in [3.63, 3.8) is 0 Å². The van der Waals surface area contributed by atoms with Gasteiger partial charge in [0, 0.05) is 23.0 Å². The molecule has 0 aliphatic carbocycles. The van der Waals surface area contributed by atoms with Crippen LogP contribution in [0.1, 0.15) is 46.6 Å². The molecule has 0 bridgehead atoms. The van der Waals surface area contributed by atoms with Crippen molar-refractivity contribution >= 4 is 55.4 Å². The van der Waals surface area contributed by atoms with Crippen molar-refractivity contribution in [3.05, 3.63) is 53.8 Å². The fourth-order valence-corrected chi connectivity index (χ4v) is 6.23. The van der Waals surface area contributed by atoms with E-state index in [1.54, 1.807) is 38.1 Å². The van der Waals surface area contributed by atoms with Crippen LogP contribution in [0.2, 0.25) is 5.02 Å². The molecule has 1 saturated heterocycles. The summed E-state index contributed by atoms with van der Waals surface area (Å²) in [5, 5.41) is 22.0. The topological polar surface area (TPSA) is 130 Å². The van der Waals surface area contributed by atoms with Crippen LogP contribution in [0.5, 0.6) is 11.6 Å². The standard InChI is InChI=1S/C29H35ClN6O4S/c1-17(2)40-25-13-19-16-36(20-9-11-31-12-10-20)28(37)21(19)14-24(25)34-29-32-15-22(30)27(35-29)33-23-7-5-6-8-26(23)41(38,39)18(3)4/h5-8,13-18,20,31,37H,9-12H2,1-4H3,(H2,32,33,34,35). The number of fused-ring (bicyclic) bond motifs is 1. The Morgan fingerprint density at radius 2 is 1.83 bits per heavy atom. The van der Waals surface area contributed by atoms with E-state index in [0.29, 0.717) is 22.5 Å². The second-order valence-electron chi connectivity index (χ2n) is 10.7. The maximum absolute atomic E-state index is 12.9. The van der Waals surface area contributed by atoms with Gasteiger partial charge in [-0.15, -0.1) is 0 Å². The fourth-order valence-electron chi connectivity index (χ4n) is 4.89. The molecule has 4 aromatic rings. The summed E-state index contributed by atoms with van der Waals surface area (Å²) in [7, 11) is -3.56. The fraction of sp³-hybridized carbons (Fsp3) is 0.379. The summed E-state index contributed by atoms with van der Waals surface area (Å²) in [4.78, 5) is 9.03. The zero-order valence-corrected chi connectivity index (χ0v) is 25.1. The van der Waals surface area contributed by atoms with Gasteiger partial charge < -0.3 is 30.4 Å². The Labute approximate surface area is 245 Å². The van der Waals surface area contributed by atoms with Gasteiger partial charge in [0.2, 0.25) is 5.95 Å². The predicted molar refractivity (Wildman–Crippen MR) is 163 cm³/mol. The van der Waals surface area contributed by atoms with E-state index in [0.717, 1.165) is 31.3 Å². The van der Waals surface area contributed by atoms with Crippen molar-refractivity contribution in [1.29, 1.82) is 0 Å². The van der Waals surface area contributed by atoms with Gasteiger partial charge in [0.05, 0.1) is 33.8 Å². The molecule has 0 amide bonds. The number of nitrogens with one attached hydrogen (secondary N) is 3. The van der Waals surface area contributed by atoms with Crippen molar-refractivity contribution < 1.29 is 18.3 Å². The largest absolute Gasteiger partial charge is 0.494 e. The number of ether oxygens (including phenoxy) is 1. The molecule has 4 N–H and O–H groups in total. The number of aromatic nitrogens is 3. The van der Waals surface area contributed by atoms with Gasteiger partial charge >= 0.3 is 0 Å². The van der Waals surface area contributed by atoms with Gasteiger partial charge in [-0.05, 0) is 77.9 Å². The van der Waals surface area contributed by atoms with Crippen molar-refractivity contribution in [2.45, 2.75) is 62.8 Å². The zero-order valence-electron chi connectivity index (χ0n) is 23.5. The van der Waals surface area contributed by atoms with Crippen LogP contribution in [0.3, 0.4) is 0 Å². The average molecular weight is 599 g/mol. The van der Waals surface area contributed by atoms with Crippen LogP contribution in [0.4, 0.5) is 23.1 Å². The molecule has 0 spiro atoms. The minimum absolute atomic E-state index is 0.101. The molecule has 1 aliphatic rings. The lowest BCUT2D eigenvalue weighted by Crippen LogP contribution is -2.29. The van der Waals surface area contributed by atoms with Gasteiger partial charge in [-0.2, -0.15) is 4.98 Å². The maximum atomic E-state index is 12.9. The molecule has 0 atom stereocenters. The number of nitrogens with zero attached hydrogens (tertiary/aromatic N) is 3. The Balaban J connectivity index is 1.50. The number of anilines is 4. The lowest BCUT2D eigenvalue weighted by Gasteiger charge is -2.24. The third kappa shape index (κ3) is 6.07. The summed E-state index contributed by atoms with van der Waals surface area (Å²) in [6, 6.07) is 10.6. The number of para-hydroxylation sites is 1. The first-order valence-electron chi connectivity index (χ1n) is 13.7. The molecule has 12 heteroatoms. The highest BCUT2D eigenvalue weighted by Crippen LogP contribution is 2.40. The van der Waals surface area contributed by atoms with E-state index in [1.807, 2.05) is 36.7 Å². The minimum Gasteiger partial charge on any atom is -0.494 e. The van der Waals surface area contributed by atoms with Crippen molar-refractivity contribution in [3.8, 4) is 11.6 Å². The summed E-state index contributed by atoms with van der Waals surface area (Å²) in [5.74, 6) is 1.24. The number of piperidine rings is 1. The number of benzene rings is 2. The second-order valence-corrected chi connectivity index (χ2v) is 13.6. The summed E-state index contributed by atoms with van der Waals surface area (Å²) in [5.41, 5.74) is 0.933. The molecule has 5 rings (SSSR count). The van der Waals surface area contributed by atoms with E-state index in [4.69, 9.17) is 16.3 Å². The van der Waals surface area contributed by atoms with Gasteiger partial charge in [0.25, 0.3) is 0 Å². The first-order chi connectivity index (χ1) is 19.5. The zero-order chi connectivity index (χ0) is 29.3. The molecular formula is C29H35ClN6O4S. The third-order valence-corrected chi connectivity index (χ3v) is 9.52. The highest BCUT2D eigenvalue weighted by Gasteiger charge is 2.24. The Kier molecular flexibility index (Phi) is 8.30. The van der Waals surface area contributed by atoms with Crippen LogP contribution >= 0.6 is 11.6 Å².